The molecule has 0 bridgehead atoms. The maximum Gasteiger partial charge on any atom is 0.252 e. The van der Waals surface area contributed by atoms with Crippen molar-refractivity contribution >= 4 is 37.7 Å². The van der Waals surface area contributed by atoms with Crippen LogP contribution in [-0.4, -0.2) is 45.6 Å². The summed E-state index contributed by atoms with van der Waals surface area (Å²) in [6.07, 6.45) is 4.03. The van der Waals surface area contributed by atoms with E-state index in [1.54, 1.807) is 21.2 Å². The fourth-order valence-corrected chi connectivity index (χ4v) is 6.80. The first kappa shape index (κ1) is 16.1. The van der Waals surface area contributed by atoms with Gasteiger partial charge in [-0.15, -0.1) is 21.5 Å². The van der Waals surface area contributed by atoms with Crippen LogP contribution < -0.4 is 0 Å². The molecule has 0 amide bonds. The van der Waals surface area contributed by atoms with E-state index < -0.39 is 10.0 Å². The summed E-state index contributed by atoms with van der Waals surface area (Å²) in [4.78, 5) is 1.88. The van der Waals surface area contributed by atoms with Crippen molar-refractivity contribution in [1.82, 2.24) is 24.1 Å². The fraction of sp³-hybridized carbons (Fsp3) is 0.500. The molecule has 0 atom stereocenters. The molecule has 24 heavy (non-hydrogen) atoms. The second kappa shape index (κ2) is 6.17. The third-order valence-corrected chi connectivity index (χ3v) is 8.96. The Morgan fingerprint density at radius 1 is 1.25 bits per heavy atom. The van der Waals surface area contributed by atoms with Gasteiger partial charge in [0.15, 0.2) is 0 Å². The Bertz CT molecular complexity index is 922. The highest BCUT2D eigenvalue weighted by molar-refractivity contribution is 7.91. The third kappa shape index (κ3) is 2.77. The van der Waals surface area contributed by atoms with Crippen LogP contribution in [-0.2, 0) is 16.4 Å². The summed E-state index contributed by atoms with van der Waals surface area (Å²) >= 11 is 2.91. The van der Waals surface area contributed by atoms with Crippen LogP contribution in [0.3, 0.4) is 0 Å². The molecular formula is C14H17N5O2S3. The number of hydrogen-bond donors (Lipinski definition) is 0. The van der Waals surface area contributed by atoms with Crippen LogP contribution in [0.1, 0.15) is 35.6 Å². The Kier molecular flexibility index (Phi) is 4.15. The van der Waals surface area contributed by atoms with E-state index >= 15 is 0 Å². The van der Waals surface area contributed by atoms with Crippen LogP contribution in [0.15, 0.2) is 22.7 Å². The van der Waals surface area contributed by atoms with Gasteiger partial charge >= 0.3 is 0 Å². The summed E-state index contributed by atoms with van der Waals surface area (Å²) in [7, 11) is -3.36. The van der Waals surface area contributed by atoms with Crippen LogP contribution in [0.4, 0.5) is 0 Å². The van der Waals surface area contributed by atoms with Gasteiger partial charge < -0.3 is 0 Å². The molecule has 10 heteroatoms. The second-order valence-corrected chi connectivity index (χ2v) is 10.1. The molecule has 0 N–H and O–H groups in total. The zero-order valence-corrected chi connectivity index (χ0v) is 15.6. The van der Waals surface area contributed by atoms with Gasteiger partial charge in [-0.1, -0.05) is 18.3 Å². The van der Waals surface area contributed by atoms with Crippen molar-refractivity contribution in [2.45, 2.75) is 36.3 Å². The van der Waals surface area contributed by atoms with E-state index in [-0.39, 0.29) is 5.92 Å². The number of fused-ring (bicyclic) bond motifs is 1. The quantitative estimate of drug-likeness (QED) is 0.691. The van der Waals surface area contributed by atoms with Gasteiger partial charge in [0, 0.05) is 23.9 Å². The zero-order chi connectivity index (χ0) is 16.7. The molecule has 0 radical (unpaired) electrons. The van der Waals surface area contributed by atoms with E-state index in [0.717, 1.165) is 34.1 Å². The first-order chi connectivity index (χ1) is 11.6. The van der Waals surface area contributed by atoms with Crippen molar-refractivity contribution < 1.29 is 8.42 Å². The van der Waals surface area contributed by atoms with Crippen LogP contribution in [0.5, 0.6) is 0 Å². The van der Waals surface area contributed by atoms with E-state index in [1.807, 2.05) is 13.0 Å². The maximum atomic E-state index is 12.8. The molecule has 0 aromatic carbocycles. The van der Waals surface area contributed by atoms with Gasteiger partial charge in [-0.05, 0) is 31.4 Å². The molecule has 3 aromatic heterocycles. The minimum absolute atomic E-state index is 0.290. The van der Waals surface area contributed by atoms with Crippen molar-refractivity contribution in [2.75, 3.05) is 13.1 Å². The van der Waals surface area contributed by atoms with Crippen LogP contribution >= 0.6 is 22.7 Å². The number of piperidine rings is 1. The van der Waals surface area contributed by atoms with E-state index in [1.165, 1.54) is 22.7 Å². The van der Waals surface area contributed by atoms with Crippen LogP contribution in [0, 0.1) is 0 Å². The molecule has 0 unspecified atom stereocenters. The Labute approximate surface area is 148 Å². The average Bonchev–Trinajstić information content (AvgIpc) is 3.30. The first-order valence-electron chi connectivity index (χ1n) is 7.83. The van der Waals surface area contributed by atoms with Crippen molar-refractivity contribution in [1.29, 1.82) is 0 Å². The highest BCUT2D eigenvalue weighted by atomic mass is 32.2. The standard InChI is InChI=1S/C14H17N5O2S3/c1-2-11-3-4-12(22-11)24(20,21)18-7-5-10(6-8-18)13-17-19-9-15-16-14(19)23-13/h3-4,9-10H,2,5-8H2,1H3. The number of aryl methyl sites for hydroxylation is 1. The summed E-state index contributed by atoms with van der Waals surface area (Å²) < 4.78 is 29.3. The number of sulfonamides is 1. The zero-order valence-electron chi connectivity index (χ0n) is 13.1. The largest absolute Gasteiger partial charge is 0.252 e. The van der Waals surface area contributed by atoms with Gasteiger partial charge in [0.2, 0.25) is 4.96 Å². The number of nitrogens with zero attached hydrogens (tertiary/aromatic N) is 5. The highest BCUT2D eigenvalue weighted by Gasteiger charge is 2.32. The summed E-state index contributed by atoms with van der Waals surface area (Å²) in [5.74, 6) is 0.290. The lowest BCUT2D eigenvalue weighted by Gasteiger charge is -2.29. The molecule has 1 saturated heterocycles. The van der Waals surface area contributed by atoms with Gasteiger partial charge in [0.25, 0.3) is 10.0 Å². The molecule has 128 valence electrons. The molecule has 1 fully saturated rings. The maximum absolute atomic E-state index is 12.8. The van der Waals surface area contributed by atoms with Crippen LogP contribution in [0.2, 0.25) is 0 Å². The fourth-order valence-electron chi connectivity index (χ4n) is 2.90. The van der Waals surface area contributed by atoms with Gasteiger partial charge in [-0.25, -0.2) is 8.42 Å². The molecule has 0 spiro atoms. The molecule has 1 aliphatic rings. The van der Waals surface area contributed by atoms with Gasteiger partial charge in [-0.3, -0.25) is 0 Å². The molecule has 1 aliphatic heterocycles. The molecule has 0 saturated carbocycles. The first-order valence-corrected chi connectivity index (χ1v) is 10.9. The lowest BCUT2D eigenvalue weighted by Crippen LogP contribution is -2.37. The normalized spacial score (nSPS) is 17.7. The van der Waals surface area contributed by atoms with Crippen molar-refractivity contribution in [2.24, 2.45) is 0 Å². The minimum atomic E-state index is -3.36. The van der Waals surface area contributed by atoms with E-state index in [2.05, 4.69) is 15.3 Å². The smallest absolute Gasteiger partial charge is 0.206 e. The van der Waals surface area contributed by atoms with E-state index in [4.69, 9.17) is 0 Å². The summed E-state index contributed by atoms with van der Waals surface area (Å²) in [6, 6.07) is 3.64. The Morgan fingerprint density at radius 2 is 2.04 bits per heavy atom. The molecule has 4 heterocycles. The lowest BCUT2D eigenvalue weighted by atomic mass is 9.99. The Hall–Kier alpha value is -1.36. The lowest BCUT2D eigenvalue weighted by molar-refractivity contribution is 0.319. The van der Waals surface area contributed by atoms with Crippen LogP contribution in [0.25, 0.3) is 4.96 Å². The monoisotopic (exact) mass is 383 g/mol. The average molecular weight is 384 g/mol. The highest BCUT2D eigenvalue weighted by Crippen LogP contribution is 2.34. The number of hydrogen-bond acceptors (Lipinski definition) is 7. The van der Waals surface area contributed by atoms with E-state index in [0.29, 0.717) is 17.3 Å². The van der Waals surface area contributed by atoms with Gasteiger partial charge in [-0.2, -0.15) is 13.9 Å². The molecule has 7 nitrogen and oxygen atoms in total. The second-order valence-electron chi connectivity index (χ2n) is 5.75. The predicted octanol–water partition coefficient (Wildman–Crippen LogP) is 2.38. The van der Waals surface area contributed by atoms with Gasteiger partial charge in [0.05, 0.1) is 0 Å². The Balaban J connectivity index is 1.48. The predicted molar refractivity (Wildman–Crippen MR) is 93.1 cm³/mol. The number of aromatic nitrogens is 4. The summed E-state index contributed by atoms with van der Waals surface area (Å²) in [6.45, 7) is 3.10. The minimum Gasteiger partial charge on any atom is -0.206 e. The SMILES string of the molecule is CCc1ccc(S(=O)(=O)N2CCC(c3nn4cnnc4s3)CC2)s1. The Morgan fingerprint density at radius 3 is 2.71 bits per heavy atom. The summed E-state index contributed by atoms with van der Waals surface area (Å²) in [5.41, 5.74) is 0. The molecular weight excluding hydrogens is 366 g/mol. The van der Waals surface area contributed by atoms with Crippen molar-refractivity contribution in [3.8, 4) is 0 Å². The number of rotatable bonds is 4. The topological polar surface area (TPSA) is 80.5 Å². The number of thiophene rings is 1. The third-order valence-electron chi connectivity index (χ3n) is 4.29. The van der Waals surface area contributed by atoms with Gasteiger partial charge in [0.1, 0.15) is 15.5 Å². The van der Waals surface area contributed by atoms with Crippen molar-refractivity contribution in [3.05, 3.63) is 28.3 Å². The molecule has 4 rings (SSSR count). The summed E-state index contributed by atoms with van der Waals surface area (Å²) in [5, 5.41) is 13.3. The van der Waals surface area contributed by atoms with Crippen molar-refractivity contribution in [3.63, 3.8) is 0 Å². The molecule has 3 aromatic rings. The van der Waals surface area contributed by atoms with E-state index in [9.17, 15) is 8.42 Å². The molecule has 0 aliphatic carbocycles.